The zero-order valence-electron chi connectivity index (χ0n) is 15.8. The summed E-state index contributed by atoms with van der Waals surface area (Å²) >= 11 is 0. The number of ether oxygens (including phenoxy) is 2. The molecule has 0 aromatic carbocycles. The van der Waals surface area contributed by atoms with Crippen LogP contribution in [0.2, 0.25) is 0 Å². The van der Waals surface area contributed by atoms with Gasteiger partial charge in [-0.05, 0) is 38.7 Å². The van der Waals surface area contributed by atoms with Crippen molar-refractivity contribution in [1.29, 1.82) is 0 Å². The van der Waals surface area contributed by atoms with Gasteiger partial charge in [0, 0.05) is 31.5 Å². The second-order valence-electron chi connectivity index (χ2n) is 7.13. The lowest BCUT2D eigenvalue weighted by atomic mass is 9.97. The van der Waals surface area contributed by atoms with Crippen LogP contribution in [-0.2, 0) is 19.6 Å². The van der Waals surface area contributed by atoms with Gasteiger partial charge < -0.3 is 14.4 Å². The van der Waals surface area contributed by atoms with Crippen LogP contribution in [0.5, 0.6) is 5.88 Å². The van der Waals surface area contributed by atoms with E-state index < -0.39 is 10.0 Å². The highest BCUT2D eigenvalue weighted by Crippen LogP contribution is 2.29. The number of hydrogen-bond donors (Lipinski definition) is 1. The molecule has 0 radical (unpaired) electrons. The molecule has 0 spiro atoms. The number of nitrogens with zero attached hydrogens (tertiary/aromatic N) is 2. The van der Waals surface area contributed by atoms with Gasteiger partial charge >= 0.3 is 0 Å². The molecule has 2 aliphatic rings. The van der Waals surface area contributed by atoms with Gasteiger partial charge in [-0.1, -0.05) is 6.07 Å². The summed E-state index contributed by atoms with van der Waals surface area (Å²) in [4.78, 5) is 18.6. The average Bonchev–Trinajstić information content (AvgIpc) is 3.48. The largest absolute Gasteiger partial charge is 0.467 e. The van der Waals surface area contributed by atoms with Crippen LogP contribution in [0.1, 0.15) is 31.2 Å². The highest BCUT2D eigenvalue weighted by molar-refractivity contribution is 7.90. The molecule has 1 N–H and O–H groups in total. The third kappa shape index (κ3) is 4.97. The molecule has 1 aliphatic carbocycles. The van der Waals surface area contributed by atoms with Gasteiger partial charge in [0.05, 0.1) is 17.9 Å². The van der Waals surface area contributed by atoms with E-state index in [1.807, 2.05) is 13.0 Å². The number of pyridine rings is 1. The number of methoxy groups -OCH3 is 1. The maximum Gasteiger partial charge on any atom is 0.260 e. The quantitative estimate of drug-likeness (QED) is 0.699. The minimum Gasteiger partial charge on any atom is -0.467 e. The van der Waals surface area contributed by atoms with Crippen LogP contribution in [0, 0.1) is 6.92 Å². The minimum atomic E-state index is -3.33. The summed E-state index contributed by atoms with van der Waals surface area (Å²) in [7, 11) is -1.78. The van der Waals surface area contributed by atoms with E-state index in [-0.39, 0.29) is 36.5 Å². The molecule has 9 heteroatoms. The first-order valence-corrected chi connectivity index (χ1v) is 10.8. The van der Waals surface area contributed by atoms with E-state index in [4.69, 9.17) is 9.47 Å². The molecule has 2 heterocycles. The van der Waals surface area contributed by atoms with Crippen LogP contribution in [-0.4, -0.2) is 68.4 Å². The first-order chi connectivity index (χ1) is 12.9. The predicted octanol–water partition coefficient (Wildman–Crippen LogP) is 0.857. The predicted molar refractivity (Wildman–Crippen MR) is 99.9 cm³/mol. The molecule has 0 bridgehead atoms. The molecule has 1 amide bonds. The van der Waals surface area contributed by atoms with Gasteiger partial charge in [-0.3, -0.25) is 4.79 Å². The zero-order valence-corrected chi connectivity index (χ0v) is 16.6. The number of rotatable bonds is 8. The Morgan fingerprint density at radius 3 is 2.81 bits per heavy atom. The lowest BCUT2D eigenvalue weighted by Gasteiger charge is -2.41. The Labute approximate surface area is 160 Å². The summed E-state index contributed by atoms with van der Waals surface area (Å²) in [5.74, 6) is 0.231. The van der Waals surface area contributed by atoms with Crippen molar-refractivity contribution in [2.24, 2.45) is 0 Å². The number of aromatic nitrogens is 1. The molecule has 27 heavy (non-hydrogen) atoms. The topological polar surface area (TPSA) is 97.8 Å². The number of piperidine rings is 1. The lowest BCUT2D eigenvalue weighted by Crippen LogP contribution is -2.59. The Morgan fingerprint density at radius 2 is 2.15 bits per heavy atom. The SMILES string of the molecule is COC[C@H]1C(NS(=O)(=O)C2CC2)CCCN1C(=O)COc1ncccc1C. The summed E-state index contributed by atoms with van der Waals surface area (Å²) in [6.07, 6.45) is 4.44. The Hall–Kier alpha value is -1.71. The van der Waals surface area contributed by atoms with Crippen LogP contribution < -0.4 is 9.46 Å². The highest BCUT2D eigenvalue weighted by Gasteiger charge is 2.41. The van der Waals surface area contributed by atoms with E-state index in [1.165, 1.54) is 0 Å². The molecule has 1 saturated heterocycles. The maximum absolute atomic E-state index is 12.8. The third-order valence-corrected chi connectivity index (χ3v) is 6.99. The molecule has 2 atom stereocenters. The summed E-state index contributed by atoms with van der Waals surface area (Å²) in [6, 6.07) is 2.98. The summed E-state index contributed by atoms with van der Waals surface area (Å²) in [5.41, 5.74) is 0.854. The van der Waals surface area contributed by atoms with Crippen LogP contribution in [0.3, 0.4) is 0 Å². The summed E-state index contributed by atoms with van der Waals surface area (Å²) < 4.78 is 38.4. The van der Waals surface area contributed by atoms with Gasteiger partial charge in [0.2, 0.25) is 15.9 Å². The van der Waals surface area contributed by atoms with Gasteiger partial charge in [-0.2, -0.15) is 0 Å². The fourth-order valence-electron chi connectivity index (χ4n) is 3.40. The molecule has 1 saturated carbocycles. The number of sulfonamides is 1. The van der Waals surface area contributed by atoms with E-state index in [0.717, 1.165) is 12.0 Å². The number of carbonyl (C=O) groups is 1. The van der Waals surface area contributed by atoms with Crippen LogP contribution >= 0.6 is 0 Å². The maximum atomic E-state index is 12.8. The van der Waals surface area contributed by atoms with Crippen molar-refractivity contribution in [2.75, 3.05) is 26.9 Å². The van der Waals surface area contributed by atoms with Crippen molar-refractivity contribution >= 4 is 15.9 Å². The van der Waals surface area contributed by atoms with Gasteiger partial charge in [0.25, 0.3) is 5.91 Å². The van der Waals surface area contributed by atoms with Crippen molar-refractivity contribution < 1.29 is 22.7 Å². The molecular weight excluding hydrogens is 370 g/mol. The van der Waals surface area contributed by atoms with Gasteiger partial charge in [0.1, 0.15) is 0 Å². The molecule has 2 fully saturated rings. The van der Waals surface area contributed by atoms with Crippen molar-refractivity contribution in [1.82, 2.24) is 14.6 Å². The standard InChI is InChI=1S/C18H27N3O5S/c1-13-5-3-9-19-18(13)26-12-17(22)21-10-4-6-15(16(21)11-25-2)20-27(23,24)14-7-8-14/h3,5,9,14-16,20H,4,6-8,10-12H2,1-2H3/t15?,16-/m0/s1. The van der Waals surface area contributed by atoms with Crippen LogP contribution in [0.25, 0.3) is 0 Å². The molecule has 1 aromatic rings. The normalized spacial score (nSPS) is 23.3. The van der Waals surface area contributed by atoms with E-state index in [1.54, 1.807) is 24.3 Å². The van der Waals surface area contributed by atoms with Gasteiger partial charge in [0.15, 0.2) is 6.61 Å². The number of carbonyl (C=O) groups excluding carboxylic acids is 1. The van der Waals surface area contributed by atoms with E-state index in [2.05, 4.69) is 9.71 Å². The van der Waals surface area contributed by atoms with Gasteiger partial charge in [-0.15, -0.1) is 0 Å². The van der Waals surface area contributed by atoms with Crippen molar-refractivity contribution in [3.05, 3.63) is 23.9 Å². The van der Waals surface area contributed by atoms with Gasteiger partial charge in [-0.25, -0.2) is 18.1 Å². The number of amides is 1. The average molecular weight is 397 g/mol. The summed E-state index contributed by atoms with van der Waals surface area (Å²) in [5, 5.41) is -0.290. The monoisotopic (exact) mass is 397 g/mol. The fraction of sp³-hybridized carbons (Fsp3) is 0.667. The smallest absolute Gasteiger partial charge is 0.260 e. The van der Waals surface area contributed by atoms with Crippen LogP contribution in [0.15, 0.2) is 18.3 Å². The molecule has 8 nitrogen and oxygen atoms in total. The molecule has 3 rings (SSSR count). The Kier molecular flexibility index (Phi) is 6.33. The molecule has 150 valence electrons. The molecule has 1 unspecified atom stereocenters. The van der Waals surface area contributed by atoms with Crippen molar-refractivity contribution in [3.8, 4) is 5.88 Å². The highest BCUT2D eigenvalue weighted by atomic mass is 32.2. The van der Waals surface area contributed by atoms with E-state index in [0.29, 0.717) is 31.7 Å². The second-order valence-corrected chi connectivity index (χ2v) is 9.13. The number of aryl methyl sites for hydroxylation is 1. The lowest BCUT2D eigenvalue weighted by molar-refractivity contribution is -0.139. The first kappa shape index (κ1) is 20.0. The third-order valence-electron chi connectivity index (χ3n) is 5.01. The fourth-order valence-corrected chi connectivity index (χ4v) is 5.05. The number of likely N-dealkylation sites (tertiary alicyclic amines) is 1. The second kappa shape index (κ2) is 8.53. The zero-order chi connectivity index (χ0) is 19.4. The van der Waals surface area contributed by atoms with Crippen LogP contribution in [0.4, 0.5) is 0 Å². The molecular formula is C18H27N3O5S. The Bertz CT molecular complexity index is 766. The molecule has 1 aliphatic heterocycles. The number of hydrogen-bond acceptors (Lipinski definition) is 6. The number of nitrogens with one attached hydrogen (secondary N) is 1. The summed E-state index contributed by atoms with van der Waals surface area (Å²) in [6.45, 7) is 2.55. The Morgan fingerprint density at radius 1 is 1.37 bits per heavy atom. The minimum absolute atomic E-state index is 0.139. The van der Waals surface area contributed by atoms with E-state index in [9.17, 15) is 13.2 Å². The van der Waals surface area contributed by atoms with E-state index >= 15 is 0 Å². The first-order valence-electron chi connectivity index (χ1n) is 9.26. The molecule has 1 aromatic heterocycles. The van der Waals surface area contributed by atoms with Crippen molar-refractivity contribution in [3.63, 3.8) is 0 Å². The Balaban J connectivity index is 1.66. The van der Waals surface area contributed by atoms with Crippen molar-refractivity contribution in [2.45, 2.75) is 49.9 Å².